The van der Waals surface area contributed by atoms with Gasteiger partial charge in [0.15, 0.2) is 0 Å². The Bertz CT molecular complexity index is 561. The molecule has 108 valence electrons. The highest BCUT2D eigenvalue weighted by Gasteiger charge is 2.16. The number of aryl methyl sites for hydroxylation is 2. The van der Waals surface area contributed by atoms with Crippen LogP contribution in [0.5, 0.6) is 5.88 Å². The van der Waals surface area contributed by atoms with Crippen LogP contribution < -0.4 is 10.1 Å². The van der Waals surface area contributed by atoms with Crippen molar-refractivity contribution in [2.75, 3.05) is 5.32 Å². The molecule has 1 N–H and O–H groups in total. The third kappa shape index (κ3) is 3.26. The molecule has 0 spiro atoms. The Hall–Kier alpha value is -2.11. The van der Waals surface area contributed by atoms with Crippen molar-refractivity contribution < 1.29 is 9.26 Å². The molecule has 1 unspecified atom stereocenters. The topological polar surface area (TPSA) is 73.1 Å². The smallest absolute Gasteiger partial charge is 0.218 e. The molecule has 0 saturated carbocycles. The van der Waals surface area contributed by atoms with Gasteiger partial charge < -0.3 is 14.6 Å². The highest BCUT2D eigenvalue weighted by molar-refractivity contribution is 5.41. The zero-order chi connectivity index (χ0) is 14.7. The number of anilines is 1. The minimum Gasteiger partial charge on any atom is -0.475 e. The summed E-state index contributed by atoms with van der Waals surface area (Å²) in [4.78, 5) is 8.28. The van der Waals surface area contributed by atoms with Crippen molar-refractivity contribution in [3.63, 3.8) is 0 Å². The number of nitrogens with zero attached hydrogens (tertiary/aromatic N) is 3. The first-order valence-electron chi connectivity index (χ1n) is 6.65. The standard InChI is InChI=1S/C14H20N4O2/c1-8(2)19-13-6-12(15-7-16-13)17-9(3)14-10(4)18-20-11(14)5/h6-9H,1-5H3,(H,15,16,17). The molecule has 6 nitrogen and oxygen atoms in total. The number of nitrogens with one attached hydrogen (secondary N) is 1. The van der Waals surface area contributed by atoms with Gasteiger partial charge in [0.1, 0.15) is 17.9 Å². The summed E-state index contributed by atoms with van der Waals surface area (Å²) in [6.07, 6.45) is 1.57. The summed E-state index contributed by atoms with van der Waals surface area (Å²) in [6.45, 7) is 9.79. The van der Waals surface area contributed by atoms with Crippen molar-refractivity contribution in [2.24, 2.45) is 0 Å². The first-order valence-corrected chi connectivity index (χ1v) is 6.65. The highest BCUT2D eigenvalue weighted by Crippen LogP contribution is 2.25. The molecule has 0 amide bonds. The minimum atomic E-state index is 0.0445. The molecule has 2 aromatic rings. The lowest BCUT2D eigenvalue weighted by Gasteiger charge is -2.15. The van der Waals surface area contributed by atoms with Gasteiger partial charge in [0, 0.05) is 11.6 Å². The average Bonchev–Trinajstić information content (AvgIpc) is 2.68. The van der Waals surface area contributed by atoms with Crippen LogP contribution in [0.2, 0.25) is 0 Å². The molecule has 0 aromatic carbocycles. The van der Waals surface area contributed by atoms with Gasteiger partial charge >= 0.3 is 0 Å². The molecule has 2 aromatic heterocycles. The summed E-state index contributed by atoms with van der Waals surface area (Å²) < 4.78 is 10.7. The van der Waals surface area contributed by atoms with Crippen LogP contribution in [0.25, 0.3) is 0 Å². The third-order valence-corrected chi connectivity index (χ3v) is 2.88. The first-order chi connectivity index (χ1) is 9.47. The summed E-state index contributed by atoms with van der Waals surface area (Å²) in [6, 6.07) is 1.83. The fraction of sp³-hybridized carbons (Fsp3) is 0.500. The van der Waals surface area contributed by atoms with Gasteiger partial charge in [0.2, 0.25) is 5.88 Å². The zero-order valence-corrected chi connectivity index (χ0v) is 12.5. The van der Waals surface area contributed by atoms with Crippen molar-refractivity contribution in [3.05, 3.63) is 29.4 Å². The molecule has 0 saturated heterocycles. The van der Waals surface area contributed by atoms with Gasteiger partial charge in [-0.25, -0.2) is 9.97 Å². The van der Waals surface area contributed by atoms with Crippen molar-refractivity contribution in [1.82, 2.24) is 15.1 Å². The summed E-state index contributed by atoms with van der Waals surface area (Å²) in [5, 5.41) is 7.27. The largest absolute Gasteiger partial charge is 0.475 e. The van der Waals surface area contributed by atoms with Gasteiger partial charge in [-0.05, 0) is 34.6 Å². The first kappa shape index (κ1) is 14.3. The Balaban J connectivity index is 2.14. The van der Waals surface area contributed by atoms with E-state index in [0.717, 1.165) is 17.0 Å². The Morgan fingerprint density at radius 1 is 1.20 bits per heavy atom. The number of hydrogen-bond acceptors (Lipinski definition) is 6. The van der Waals surface area contributed by atoms with E-state index in [1.165, 1.54) is 6.33 Å². The Labute approximate surface area is 118 Å². The summed E-state index contributed by atoms with van der Waals surface area (Å²) >= 11 is 0. The van der Waals surface area contributed by atoms with Gasteiger partial charge in [-0.2, -0.15) is 0 Å². The average molecular weight is 276 g/mol. The maximum atomic E-state index is 5.55. The van der Waals surface area contributed by atoms with E-state index in [4.69, 9.17) is 9.26 Å². The number of ether oxygens (including phenoxy) is 1. The highest BCUT2D eigenvalue weighted by atomic mass is 16.5. The summed E-state index contributed by atoms with van der Waals surface area (Å²) in [7, 11) is 0. The second-order valence-corrected chi connectivity index (χ2v) is 5.01. The molecule has 0 aliphatic carbocycles. The number of hydrogen-bond donors (Lipinski definition) is 1. The Morgan fingerprint density at radius 2 is 1.95 bits per heavy atom. The lowest BCUT2D eigenvalue weighted by molar-refractivity contribution is 0.232. The third-order valence-electron chi connectivity index (χ3n) is 2.88. The summed E-state index contributed by atoms with van der Waals surface area (Å²) in [5.41, 5.74) is 1.94. The number of aromatic nitrogens is 3. The lowest BCUT2D eigenvalue weighted by Crippen LogP contribution is -2.11. The summed E-state index contributed by atoms with van der Waals surface area (Å²) in [5.74, 6) is 2.09. The zero-order valence-electron chi connectivity index (χ0n) is 12.5. The molecule has 2 rings (SSSR count). The van der Waals surface area contributed by atoms with E-state index in [1.807, 2.05) is 34.6 Å². The predicted octanol–water partition coefficient (Wildman–Crippen LogP) is 3.04. The quantitative estimate of drug-likeness (QED) is 0.904. The second kappa shape index (κ2) is 5.90. The maximum absolute atomic E-state index is 5.55. The van der Waals surface area contributed by atoms with E-state index in [9.17, 15) is 0 Å². The van der Waals surface area contributed by atoms with E-state index < -0.39 is 0 Å². The molecule has 1 atom stereocenters. The molecule has 0 fully saturated rings. The van der Waals surface area contributed by atoms with E-state index in [1.54, 1.807) is 6.07 Å². The fourth-order valence-corrected chi connectivity index (χ4v) is 2.13. The molecular formula is C14H20N4O2. The normalized spacial score (nSPS) is 12.5. The van der Waals surface area contributed by atoms with Crippen molar-refractivity contribution in [3.8, 4) is 5.88 Å². The fourth-order valence-electron chi connectivity index (χ4n) is 2.13. The van der Waals surface area contributed by atoms with Crippen LogP contribution in [-0.4, -0.2) is 21.2 Å². The van der Waals surface area contributed by atoms with Gasteiger partial charge in [-0.3, -0.25) is 0 Å². The van der Waals surface area contributed by atoms with Crippen molar-refractivity contribution in [1.29, 1.82) is 0 Å². The molecule has 0 radical (unpaired) electrons. The van der Waals surface area contributed by atoms with Crippen LogP contribution in [0.1, 0.15) is 43.8 Å². The molecule has 0 aliphatic rings. The molecule has 6 heteroatoms. The van der Waals surface area contributed by atoms with E-state index in [2.05, 4.69) is 20.4 Å². The number of rotatable bonds is 5. The predicted molar refractivity (Wildman–Crippen MR) is 75.8 cm³/mol. The van der Waals surface area contributed by atoms with Crippen LogP contribution in [-0.2, 0) is 0 Å². The molecule has 0 aliphatic heterocycles. The molecular weight excluding hydrogens is 256 g/mol. The second-order valence-electron chi connectivity index (χ2n) is 5.01. The SMILES string of the molecule is Cc1noc(C)c1C(C)Nc1cc(OC(C)C)ncn1. The van der Waals surface area contributed by atoms with Gasteiger partial charge in [-0.15, -0.1) is 0 Å². The van der Waals surface area contributed by atoms with Crippen LogP contribution in [0, 0.1) is 13.8 Å². The Morgan fingerprint density at radius 3 is 2.55 bits per heavy atom. The molecule has 0 bridgehead atoms. The van der Waals surface area contributed by atoms with E-state index >= 15 is 0 Å². The molecule has 20 heavy (non-hydrogen) atoms. The van der Waals surface area contributed by atoms with E-state index in [0.29, 0.717) is 11.7 Å². The van der Waals surface area contributed by atoms with Crippen LogP contribution in [0.15, 0.2) is 16.9 Å². The monoisotopic (exact) mass is 276 g/mol. The van der Waals surface area contributed by atoms with Gasteiger partial charge in [-0.1, -0.05) is 5.16 Å². The lowest BCUT2D eigenvalue weighted by atomic mass is 10.1. The van der Waals surface area contributed by atoms with Gasteiger partial charge in [0.05, 0.1) is 17.8 Å². The van der Waals surface area contributed by atoms with Crippen LogP contribution in [0.3, 0.4) is 0 Å². The van der Waals surface area contributed by atoms with Crippen LogP contribution >= 0.6 is 0 Å². The minimum absolute atomic E-state index is 0.0445. The van der Waals surface area contributed by atoms with Crippen LogP contribution in [0.4, 0.5) is 5.82 Å². The Kier molecular flexibility index (Phi) is 4.22. The molecule has 2 heterocycles. The van der Waals surface area contributed by atoms with Gasteiger partial charge in [0.25, 0.3) is 0 Å². The van der Waals surface area contributed by atoms with E-state index in [-0.39, 0.29) is 12.1 Å². The maximum Gasteiger partial charge on any atom is 0.218 e. The van der Waals surface area contributed by atoms with Crippen molar-refractivity contribution >= 4 is 5.82 Å². The van der Waals surface area contributed by atoms with Crippen molar-refractivity contribution in [2.45, 2.75) is 46.8 Å².